The first-order valence-corrected chi connectivity index (χ1v) is 11.8. The molecule has 0 spiro atoms. The molecular formula is C22H24N6O9S. The summed E-state index contributed by atoms with van der Waals surface area (Å²) in [6.45, 7) is 6.85. The van der Waals surface area contributed by atoms with Gasteiger partial charge in [0.05, 0.1) is 12.1 Å². The van der Waals surface area contributed by atoms with Gasteiger partial charge in [0.2, 0.25) is 0 Å². The Kier molecular flexibility index (Phi) is 8.93. The third kappa shape index (κ3) is 6.04. The van der Waals surface area contributed by atoms with Gasteiger partial charge in [0.25, 0.3) is 11.8 Å². The van der Waals surface area contributed by atoms with Crippen molar-refractivity contribution in [3.63, 3.8) is 0 Å². The summed E-state index contributed by atoms with van der Waals surface area (Å²) in [6.07, 6.45) is 1.25. The molecule has 1 aromatic rings. The maximum atomic E-state index is 13.2. The first-order chi connectivity index (χ1) is 18.1. The highest BCUT2D eigenvalue weighted by Crippen LogP contribution is 2.35. The summed E-state index contributed by atoms with van der Waals surface area (Å²) < 4.78 is 4.81. The Labute approximate surface area is 219 Å². The summed E-state index contributed by atoms with van der Waals surface area (Å²) in [5, 5.41) is 31.5. The van der Waals surface area contributed by atoms with Crippen LogP contribution in [0, 0.1) is 5.92 Å². The Morgan fingerprint density at radius 1 is 1.34 bits per heavy atom. The van der Waals surface area contributed by atoms with Gasteiger partial charge in [0, 0.05) is 18.5 Å². The molecule has 4 N–H and O–H groups in total. The van der Waals surface area contributed by atoms with E-state index >= 15 is 0 Å². The lowest BCUT2D eigenvalue weighted by molar-refractivity contribution is -0.142. The highest BCUT2D eigenvalue weighted by molar-refractivity contribution is 7.14. The molecule has 0 aromatic carbocycles. The van der Waals surface area contributed by atoms with E-state index in [1.807, 2.05) is 0 Å². The molecule has 3 heterocycles. The van der Waals surface area contributed by atoms with E-state index in [0.29, 0.717) is 0 Å². The van der Waals surface area contributed by atoms with Crippen LogP contribution in [0.3, 0.4) is 0 Å². The molecule has 15 nitrogen and oxygen atoms in total. The topological polar surface area (TPSA) is 200 Å². The molecule has 0 bridgehead atoms. The Bertz CT molecular complexity index is 1240. The highest BCUT2D eigenvalue weighted by atomic mass is 32.1. The summed E-state index contributed by atoms with van der Waals surface area (Å²) in [5.41, 5.74) is -0.0100. The standard InChI is InChI=1S/C22H24N6O9S/c1-4-6-37-22(35)25-21-24-14(10-38-21)16(26-36-3)18(31)23-13-9-27-8-11(7-15(29)30)17(28(27)19(13)32)12(5-2)20(33)34/h4-5,10,12-13H,1-2,6-9H2,3H3,(H,23,31)(H,29,30)(H,33,34)(H,24,25,35)/b26-16-/t12?,13-/m0/s1. The van der Waals surface area contributed by atoms with E-state index in [1.54, 1.807) is 0 Å². The van der Waals surface area contributed by atoms with Gasteiger partial charge in [0.15, 0.2) is 10.8 Å². The number of oxime groups is 1. The molecule has 1 fully saturated rings. The van der Waals surface area contributed by atoms with Crippen molar-refractivity contribution in [2.24, 2.45) is 11.1 Å². The average molecular weight is 549 g/mol. The molecule has 0 saturated carbocycles. The van der Waals surface area contributed by atoms with Crippen molar-refractivity contribution in [1.29, 1.82) is 0 Å². The molecule has 2 aliphatic rings. The zero-order valence-electron chi connectivity index (χ0n) is 20.1. The summed E-state index contributed by atoms with van der Waals surface area (Å²) in [7, 11) is 1.20. The molecule has 2 atom stereocenters. The van der Waals surface area contributed by atoms with Gasteiger partial charge in [-0.1, -0.05) is 23.9 Å². The van der Waals surface area contributed by atoms with Crippen LogP contribution < -0.4 is 10.6 Å². The summed E-state index contributed by atoms with van der Waals surface area (Å²) >= 11 is 0.986. The van der Waals surface area contributed by atoms with E-state index in [1.165, 1.54) is 23.6 Å². The van der Waals surface area contributed by atoms with Crippen molar-refractivity contribution in [3.8, 4) is 0 Å². The zero-order valence-corrected chi connectivity index (χ0v) is 20.9. The zero-order chi connectivity index (χ0) is 28.0. The fraction of sp³-hybridized carbons (Fsp3) is 0.318. The molecule has 3 amide bonds. The quantitative estimate of drug-likeness (QED) is 0.160. The summed E-state index contributed by atoms with van der Waals surface area (Å²) in [4.78, 5) is 70.0. The number of hydrazine groups is 1. The minimum atomic E-state index is -1.34. The van der Waals surface area contributed by atoms with Crippen molar-refractivity contribution in [3.05, 3.63) is 47.7 Å². The number of fused-ring (bicyclic) bond motifs is 1. The van der Waals surface area contributed by atoms with Crippen LogP contribution in [-0.4, -0.2) is 93.6 Å². The largest absolute Gasteiger partial charge is 0.481 e. The Morgan fingerprint density at radius 3 is 2.68 bits per heavy atom. The number of anilines is 1. The lowest BCUT2D eigenvalue weighted by Crippen LogP contribution is -2.46. The summed E-state index contributed by atoms with van der Waals surface area (Å²) in [6, 6.07) is -1.12. The molecule has 16 heteroatoms. The van der Waals surface area contributed by atoms with Crippen LogP contribution in [0.4, 0.5) is 9.93 Å². The van der Waals surface area contributed by atoms with Crippen molar-refractivity contribution in [2.75, 3.05) is 32.1 Å². The predicted molar refractivity (Wildman–Crippen MR) is 132 cm³/mol. The van der Waals surface area contributed by atoms with Gasteiger partial charge in [-0.3, -0.25) is 24.5 Å². The first kappa shape index (κ1) is 28.0. The van der Waals surface area contributed by atoms with Gasteiger partial charge in [-0.2, -0.15) is 0 Å². The highest BCUT2D eigenvalue weighted by Gasteiger charge is 2.48. The third-order valence-electron chi connectivity index (χ3n) is 5.30. The Hall–Kier alpha value is -4.57. The number of carbonyl (C=O) groups excluding carboxylic acids is 3. The predicted octanol–water partition coefficient (Wildman–Crippen LogP) is 0.401. The van der Waals surface area contributed by atoms with Crippen LogP contribution in [0.25, 0.3) is 0 Å². The molecule has 0 radical (unpaired) electrons. The van der Waals surface area contributed by atoms with Crippen molar-refractivity contribution in [1.82, 2.24) is 20.3 Å². The van der Waals surface area contributed by atoms with Crippen LogP contribution in [0.2, 0.25) is 0 Å². The van der Waals surface area contributed by atoms with Crippen LogP contribution in [-0.2, 0) is 28.8 Å². The van der Waals surface area contributed by atoms with Crippen LogP contribution in [0.15, 0.2) is 47.1 Å². The monoisotopic (exact) mass is 548 g/mol. The number of ether oxygens (including phenoxy) is 1. The van der Waals surface area contributed by atoms with Gasteiger partial charge < -0.3 is 25.1 Å². The van der Waals surface area contributed by atoms with Gasteiger partial charge in [-0.15, -0.1) is 17.9 Å². The average Bonchev–Trinajstić information content (AvgIpc) is 3.52. The third-order valence-corrected chi connectivity index (χ3v) is 6.06. The van der Waals surface area contributed by atoms with Gasteiger partial charge in [0.1, 0.15) is 31.4 Å². The number of aromatic nitrogens is 1. The number of carboxylic acid groups (broad SMARTS) is 2. The van der Waals surface area contributed by atoms with E-state index in [4.69, 9.17) is 9.57 Å². The Balaban J connectivity index is 1.78. The fourth-order valence-corrected chi connectivity index (χ4v) is 4.53. The van der Waals surface area contributed by atoms with Crippen LogP contribution >= 0.6 is 11.3 Å². The molecular weight excluding hydrogens is 524 g/mol. The Morgan fingerprint density at radius 2 is 2.08 bits per heavy atom. The molecule has 202 valence electrons. The van der Waals surface area contributed by atoms with E-state index in [9.17, 15) is 34.2 Å². The van der Waals surface area contributed by atoms with Crippen molar-refractivity contribution < 1.29 is 43.8 Å². The lowest BCUT2D eigenvalue weighted by atomic mass is 9.98. The molecule has 0 aliphatic carbocycles. The number of amides is 3. The van der Waals surface area contributed by atoms with E-state index in [0.717, 1.165) is 22.4 Å². The fourth-order valence-electron chi connectivity index (χ4n) is 3.85. The number of nitrogens with zero attached hydrogens (tertiary/aromatic N) is 4. The number of nitrogens with one attached hydrogen (secondary N) is 2. The minimum Gasteiger partial charge on any atom is -0.481 e. The van der Waals surface area contributed by atoms with Gasteiger partial charge >= 0.3 is 18.0 Å². The number of thiazole rings is 1. The normalized spacial score (nSPS) is 18.0. The van der Waals surface area contributed by atoms with Gasteiger partial charge in [-0.25, -0.2) is 19.8 Å². The lowest BCUT2D eigenvalue weighted by Gasteiger charge is -2.24. The molecule has 2 aliphatic heterocycles. The second-order valence-corrected chi connectivity index (χ2v) is 8.66. The SMILES string of the molecule is C=CCOC(=O)Nc1nc(/C(=N/OC)C(=O)N[C@H]2CN3CC(CC(=O)O)=C(C(C=C)C(=O)O)N3C2=O)cs1. The smallest absolute Gasteiger partial charge is 0.413 e. The molecule has 1 unspecified atom stereocenters. The van der Waals surface area contributed by atoms with Crippen molar-refractivity contribution in [2.45, 2.75) is 12.5 Å². The minimum absolute atomic E-state index is 0.0129. The molecule has 1 saturated heterocycles. The number of carboxylic acids is 2. The maximum Gasteiger partial charge on any atom is 0.413 e. The number of hydrogen-bond acceptors (Lipinski definition) is 11. The van der Waals surface area contributed by atoms with Crippen molar-refractivity contribution >= 4 is 52.0 Å². The van der Waals surface area contributed by atoms with E-state index < -0.39 is 48.2 Å². The van der Waals surface area contributed by atoms with E-state index in [2.05, 4.69) is 33.9 Å². The second kappa shape index (κ2) is 12.1. The van der Waals surface area contributed by atoms with Crippen LogP contribution in [0.1, 0.15) is 12.1 Å². The van der Waals surface area contributed by atoms with Crippen LogP contribution in [0.5, 0.6) is 0 Å². The molecule has 1 aromatic heterocycles. The number of rotatable bonds is 12. The van der Waals surface area contributed by atoms with Gasteiger partial charge in [-0.05, 0) is 5.57 Å². The molecule has 3 rings (SSSR count). The summed E-state index contributed by atoms with van der Waals surface area (Å²) in [5.74, 6) is -5.32. The maximum absolute atomic E-state index is 13.2. The molecule has 38 heavy (non-hydrogen) atoms. The number of aliphatic carboxylic acids is 2. The first-order valence-electron chi connectivity index (χ1n) is 10.9. The van der Waals surface area contributed by atoms with E-state index in [-0.39, 0.29) is 47.5 Å². The second-order valence-electron chi connectivity index (χ2n) is 7.81. The number of hydrogen-bond donors (Lipinski definition) is 4. The number of carbonyl (C=O) groups is 5.